The van der Waals surface area contributed by atoms with Gasteiger partial charge in [-0.15, -0.1) is 0 Å². The SMILES string of the molecule is C=[N+](c1nc(-c2cccc(CN)n2)co1)N(N)CCCCCC. The molecule has 0 aliphatic carbocycles. The molecule has 2 aromatic rings. The largest absolute Gasteiger partial charge is 0.528 e. The van der Waals surface area contributed by atoms with Gasteiger partial charge in [-0.3, -0.25) is 0 Å². The Morgan fingerprint density at radius 3 is 2.78 bits per heavy atom. The third-order valence-electron chi connectivity index (χ3n) is 3.54. The summed E-state index contributed by atoms with van der Waals surface area (Å²) in [6, 6.07) is 5.96. The highest BCUT2D eigenvalue weighted by molar-refractivity contribution is 5.53. The fourth-order valence-corrected chi connectivity index (χ4v) is 2.17. The maximum Gasteiger partial charge on any atom is 0.528 e. The number of aromatic nitrogens is 2. The van der Waals surface area contributed by atoms with Crippen LogP contribution in [0.5, 0.6) is 0 Å². The lowest BCUT2D eigenvalue weighted by Crippen LogP contribution is -2.38. The second kappa shape index (κ2) is 8.40. The Balaban J connectivity index is 2.01. The molecule has 0 radical (unpaired) electrons. The minimum Gasteiger partial charge on any atom is -0.390 e. The molecule has 0 saturated heterocycles. The van der Waals surface area contributed by atoms with Gasteiger partial charge >= 0.3 is 6.01 Å². The molecule has 7 heteroatoms. The Hall–Kier alpha value is -2.25. The molecule has 0 saturated carbocycles. The summed E-state index contributed by atoms with van der Waals surface area (Å²) < 4.78 is 6.92. The maximum absolute atomic E-state index is 5.99. The number of pyridine rings is 1. The lowest BCUT2D eigenvalue weighted by molar-refractivity contribution is -0.632. The summed E-state index contributed by atoms with van der Waals surface area (Å²) in [7, 11) is 0. The van der Waals surface area contributed by atoms with Crippen LogP contribution >= 0.6 is 0 Å². The van der Waals surface area contributed by atoms with Crippen LogP contribution in [0.25, 0.3) is 11.4 Å². The predicted molar refractivity (Wildman–Crippen MR) is 89.7 cm³/mol. The van der Waals surface area contributed by atoms with Crippen molar-refractivity contribution >= 4 is 12.7 Å². The zero-order chi connectivity index (χ0) is 16.7. The molecule has 0 amide bonds. The molecule has 0 aliphatic heterocycles. The van der Waals surface area contributed by atoms with E-state index in [1.165, 1.54) is 22.6 Å². The van der Waals surface area contributed by atoms with Gasteiger partial charge in [-0.05, 0) is 18.6 Å². The molecule has 4 N–H and O–H groups in total. The zero-order valence-electron chi connectivity index (χ0n) is 13.6. The summed E-state index contributed by atoms with van der Waals surface area (Å²) in [5.41, 5.74) is 7.75. The fourth-order valence-electron chi connectivity index (χ4n) is 2.17. The van der Waals surface area contributed by atoms with Gasteiger partial charge in [0.25, 0.3) is 0 Å². The van der Waals surface area contributed by atoms with E-state index in [0.29, 0.717) is 30.5 Å². The number of hydrogen-bond acceptors (Lipinski definition) is 6. The average molecular weight is 317 g/mol. The van der Waals surface area contributed by atoms with E-state index in [1.54, 1.807) is 6.26 Å². The standard InChI is InChI=1S/C16H25N6O/c1-3-4-5-6-10-22(18)21(2)16-20-15(12-23-16)14-9-7-8-13(11-17)19-14/h7-9,12H,2-6,10-11,17-18H2,1H3/q+1. The van der Waals surface area contributed by atoms with Gasteiger partial charge in [0.15, 0.2) is 6.26 Å². The average Bonchev–Trinajstić information content (AvgIpc) is 3.08. The second-order valence-corrected chi connectivity index (χ2v) is 5.36. The molecule has 0 unspecified atom stereocenters. The van der Waals surface area contributed by atoms with Crippen LogP contribution in [0.4, 0.5) is 6.01 Å². The van der Waals surface area contributed by atoms with E-state index in [4.69, 9.17) is 16.0 Å². The Kier molecular flexibility index (Phi) is 6.25. The van der Waals surface area contributed by atoms with Crippen molar-refractivity contribution in [1.82, 2.24) is 15.1 Å². The van der Waals surface area contributed by atoms with Crippen LogP contribution in [0.3, 0.4) is 0 Å². The number of hydrazine groups is 2. The number of hydrazone groups is 1. The van der Waals surface area contributed by atoms with Crippen LogP contribution in [0.15, 0.2) is 28.9 Å². The van der Waals surface area contributed by atoms with Crippen LogP contribution in [0.1, 0.15) is 38.3 Å². The molecule has 2 heterocycles. The number of oxazole rings is 1. The van der Waals surface area contributed by atoms with Gasteiger partial charge in [-0.2, -0.15) is 5.12 Å². The first-order valence-electron chi connectivity index (χ1n) is 7.90. The van der Waals surface area contributed by atoms with E-state index in [1.807, 2.05) is 18.2 Å². The van der Waals surface area contributed by atoms with E-state index < -0.39 is 0 Å². The van der Waals surface area contributed by atoms with E-state index >= 15 is 0 Å². The van der Waals surface area contributed by atoms with Crippen LogP contribution in [0.2, 0.25) is 0 Å². The van der Waals surface area contributed by atoms with Gasteiger partial charge in [0.2, 0.25) is 5.69 Å². The van der Waals surface area contributed by atoms with Gasteiger partial charge in [0.05, 0.1) is 19.0 Å². The first kappa shape index (κ1) is 17.1. The summed E-state index contributed by atoms with van der Waals surface area (Å²) in [5, 5.41) is 1.51. The van der Waals surface area contributed by atoms with Crippen molar-refractivity contribution in [2.24, 2.45) is 11.6 Å². The molecular weight excluding hydrogens is 292 g/mol. The molecule has 2 aromatic heterocycles. The van der Waals surface area contributed by atoms with Crippen molar-refractivity contribution in [2.45, 2.75) is 39.2 Å². The monoisotopic (exact) mass is 317 g/mol. The summed E-state index contributed by atoms with van der Waals surface area (Å²) in [6.07, 6.45) is 6.09. The van der Waals surface area contributed by atoms with Crippen molar-refractivity contribution in [1.29, 1.82) is 0 Å². The Labute approximate surface area is 136 Å². The minimum atomic E-state index is 0.331. The van der Waals surface area contributed by atoms with Gasteiger partial charge in [0.1, 0.15) is 5.69 Å². The first-order chi connectivity index (χ1) is 11.2. The molecule has 0 fully saturated rings. The number of rotatable bonds is 9. The molecule has 0 spiro atoms. The molecule has 2 rings (SSSR count). The van der Waals surface area contributed by atoms with Crippen molar-refractivity contribution in [2.75, 3.05) is 6.54 Å². The van der Waals surface area contributed by atoms with Crippen LogP contribution in [-0.4, -0.2) is 33.0 Å². The number of nitrogens with two attached hydrogens (primary N) is 2. The molecule has 0 aromatic carbocycles. The van der Waals surface area contributed by atoms with E-state index in [0.717, 1.165) is 18.5 Å². The van der Waals surface area contributed by atoms with Crippen molar-refractivity contribution in [3.05, 3.63) is 30.2 Å². The Morgan fingerprint density at radius 2 is 2.04 bits per heavy atom. The zero-order valence-corrected chi connectivity index (χ0v) is 13.6. The van der Waals surface area contributed by atoms with E-state index in [-0.39, 0.29) is 0 Å². The third-order valence-corrected chi connectivity index (χ3v) is 3.54. The molecule has 124 valence electrons. The molecule has 23 heavy (non-hydrogen) atoms. The predicted octanol–water partition coefficient (Wildman–Crippen LogP) is 2.21. The lowest BCUT2D eigenvalue weighted by Gasteiger charge is -2.14. The van der Waals surface area contributed by atoms with E-state index in [9.17, 15) is 0 Å². The molecule has 0 aliphatic rings. The maximum atomic E-state index is 5.99. The normalized spacial score (nSPS) is 10.7. The number of hydrogen-bond donors (Lipinski definition) is 2. The highest BCUT2D eigenvalue weighted by atomic mass is 16.4. The van der Waals surface area contributed by atoms with Gasteiger partial charge < -0.3 is 10.2 Å². The summed E-state index contributed by atoms with van der Waals surface area (Å²) in [4.78, 5) is 8.81. The topological polar surface area (TPSA) is 97.2 Å². The fraction of sp³-hybridized carbons (Fsp3) is 0.438. The summed E-state index contributed by atoms with van der Waals surface area (Å²) in [6.45, 7) is 7.14. The Morgan fingerprint density at radius 1 is 1.22 bits per heavy atom. The van der Waals surface area contributed by atoms with Gasteiger partial charge in [-0.1, -0.05) is 36.9 Å². The second-order valence-electron chi connectivity index (χ2n) is 5.36. The highest BCUT2D eigenvalue weighted by Gasteiger charge is 2.22. The van der Waals surface area contributed by atoms with E-state index in [2.05, 4.69) is 23.6 Å². The van der Waals surface area contributed by atoms with Gasteiger partial charge in [0, 0.05) is 11.5 Å². The minimum absolute atomic E-state index is 0.331. The smallest absolute Gasteiger partial charge is 0.390 e. The molecule has 7 nitrogen and oxygen atoms in total. The Bertz CT molecular complexity index is 639. The summed E-state index contributed by atoms with van der Waals surface area (Å²) in [5.74, 6) is 5.99. The third kappa shape index (κ3) is 4.61. The number of unbranched alkanes of at least 4 members (excludes halogenated alkanes) is 3. The summed E-state index contributed by atoms with van der Waals surface area (Å²) >= 11 is 0. The van der Waals surface area contributed by atoms with Crippen LogP contribution in [-0.2, 0) is 6.54 Å². The van der Waals surface area contributed by atoms with Crippen molar-refractivity contribution < 1.29 is 9.10 Å². The quantitative estimate of drug-likeness (QED) is 0.242. The highest BCUT2D eigenvalue weighted by Crippen LogP contribution is 2.20. The van der Waals surface area contributed by atoms with Crippen LogP contribution < -0.4 is 11.6 Å². The first-order valence-corrected chi connectivity index (χ1v) is 7.90. The lowest BCUT2D eigenvalue weighted by atomic mass is 10.2. The van der Waals surface area contributed by atoms with Gasteiger partial charge in [-0.25, -0.2) is 10.8 Å². The molecule has 0 atom stereocenters. The van der Waals surface area contributed by atoms with Crippen molar-refractivity contribution in [3.8, 4) is 11.4 Å². The molecule has 0 bridgehead atoms. The van der Waals surface area contributed by atoms with Crippen LogP contribution in [0, 0.1) is 0 Å². The number of nitrogens with zero attached hydrogens (tertiary/aromatic N) is 4. The molecular formula is C16H25N6O+. The van der Waals surface area contributed by atoms with Crippen molar-refractivity contribution in [3.63, 3.8) is 0 Å².